The quantitative estimate of drug-likeness (QED) is 0.689. The molecular formula is C22H24N4O. The first-order valence-electron chi connectivity index (χ1n) is 9.12. The number of hydrogen-bond acceptors (Lipinski definition) is 4. The molecule has 2 aromatic heterocycles. The predicted molar refractivity (Wildman–Crippen MR) is 108 cm³/mol. The van der Waals surface area contributed by atoms with Crippen molar-refractivity contribution in [3.8, 4) is 0 Å². The minimum Gasteiger partial charge on any atom is -0.354 e. The summed E-state index contributed by atoms with van der Waals surface area (Å²) in [6.45, 7) is 2.77. The lowest BCUT2D eigenvalue weighted by Crippen LogP contribution is -2.29. The molecule has 0 aliphatic carbocycles. The third kappa shape index (κ3) is 5.14. The molecule has 3 aromatic rings. The first kappa shape index (κ1) is 18.6. The fourth-order valence-corrected chi connectivity index (χ4v) is 2.73. The van der Waals surface area contributed by atoms with Crippen LogP contribution in [0, 0.1) is 0 Å². The maximum absolute atomic E-state index is 12.5. The Morgan fingerprint density at radius 1 is 0.963 bits per heavy atom. The van der Waals surface area contributed by atoms with Crippen LogP contribution in [0.3, 0.4) is 0 Å². The van der Waals surface area contributed by atoms with Crippen molar-refractivity contribution < 1.29 is 4.79 Å². The number of benzene rings is 1. The molecule has 0 saturated carbocycles. The molecule has 5 nitrogen and oxygen atoms in total. The molecule has 0 unspecified atom stereocenters. The number of rotatable bonds is 7. The van der Waals surface area contributed by atoms with Crippen LogP contribution in [0.2, 0.25) is 0 Å². The van der Waals surface area contributed by atoms with Gasteiger partial charge in [0, 0.05) is 31.7 Å². The van der Waals surface area contributed by atoms with Crippen molar-refractivity contribution in [2.24, 2.45) is 0 Å². The minimum absolute atomic E-state index is 0.0806. The standard InChI is InChI=1S/C22H24N4O/c1-3-17-4-6-19(7-5-17)25-20-8-9-21(24-16-20)22(27)26(2)15-12-18-10-13-23-14-11-18/h4-11,13-14,16,25H,3,12,15H2,1-2H3. The molecule has 138 valence electrons. The van der Waals surface area contributed by atoms with Crippen LogP contribution in [0.15, 0.2) is 67.1 Å². The molecule has 0 bridgehead atoms. The third-order valence-electron chi connectivity index (χ3n) is 4.47. The number of amides is 1. The minimum atomic E-state index is -0.0806. The summed E-state index contributed by atoms with van der Waals surface area (Å²) in [6.07, 6.45) is 7.03. The zero-order valence-corrected chi connectivity index (χ0v) is 15.7. The highest BCUT2D eigenvalue weighted by Crippen LogP contribution is 2.17. The van der Waals surface area contributed by atoms with E-state index in [0.29, 0.717) is 12.2 Å². The topological polar surface area (TPSA) is 58.1 Å². The van der Waals surface area contributed by atoms with Gasteiger partial charge in [0.05, 0.1) is 11.9 Å². The molecule has 1 amide bonds. The molecular weight excluding hydrogens is 336 g/mol. The Balaban J connectivity index is 1.57. The number of nitrogens with zero attached hydrogens (tertiary/aromatic N) is 3. The van der Waals surface area contributed by atoms with Crippen LogP contribution in [0.1, 0.15) is 28.5 Å². The Bertz CT molecular complexity index is 861. The number of aryl methyl sites for hydroxylation is 1. The van der Waals surface area contributed by atoms with Gasteiger partial charge in [-0.1, -0.05) is 19.1 Å². The monoisotopic (exact) mass is 360 g/mol. The molecule has 1 aromatic carbocycles. The summed E-state index contributed by atoms with van der Waals surface area (Å²) < 4.78 is 0. The summed E-state index contributed by atoms with van der Waals surface area (Å²) in [7, 11) is 1.80. The summed E-state index contributed by atoms with van der Waals surface area (Å²) in [5.74, 6) is -0.0806. The molecule has 0 saturated heterocycles. The SMILES string of the molecule is CCc1ccc(Nc2ccc(C(=O)N(C)CCc3ccncc3)nc2)cc1. The average Bonchev–Trinajstić information content (AvgIpc) is 2.73. The summed E-state index contributed by atoms with van der Waals surface area (Å²) in [4.78, 5) is 22.6. The van der Waals surface area contributed by atoms with Crippen molar-refractivity contribution in [3.63, 3.8) is 0 Å². The molecule has 0 spiro atoms. The molecule has 3 rings (SSSR count). The van der Waals surface area contributed by atoms with E-state index in [4.69, 9.17) is 0 Å². The normalized spacial score (nSPS) is 10.4. The van der Waals surface area contributed by atoms with Crippen molar-refractivity contribution in [3.05, 3.63) is 83.9 Å². The van der Waals surface area contributed by atoms with Crippen molar-refractivity contribution in [2.45, 2.75) is 19.8 Å². The van der Waals surface area contributed by atoms with Crippen molar-refractivity contribution in [2.75, 3.05) is 18.9 Å². The van der Waals surface area contributed by atoms with Crippen molar-refractivity contribution in [1.29, 1.82) is 0 Å². The summed E-state index contributed by atoms with van der Waals surface area (Å²) in [5.41, 5.74) is 4.76. The smallest absolute Gasteiger partial charge is 0.272 e. The second-order valence-corrected chi connectivity index (χ2v) is 6.44. The largest absolute Gasteiger partial charge is 0.354 e. The van der Waals surface area contributed by atoms with E-state index in [1.165, 1.54) is 5.56 Å². The Kier molecular flexibility index (Phi) is 6.15. The summed E-state index contributed by atoms with van der Waals surface area (Å²) >= 11 is 0. The Morgan fingerprint density at radius 2 is 1.67 bits per heavy atom. The summed E-state index contributed by atoms with van der Waals surface area (Å²) in [5, 5.41) is 3.30. The van der Waals surface area contributed by atoms with E-state index in [1.807, 2.05) is 30.3 Å². The van der Waals surface area contributed by atoms with Crippen molar-refractivity contribution >= 4 is 17.3 Å². The second kappa shape index (κ2) is 8.94. The van der Waals surface area contributed by atoms with Crippen LogP contribution in [0.25, 0.3) is 0 Å². The van der Waals surface area contributed by atoms with E-state index >= 15 is 0 Å². The molecule has 0 fully saturated rings. The van der Waals surface area contributed by atoms with Crippen LogP contribution in [0.4, 0.5) is 11.4 Å². The zero-order valence-electron chi connectivity index (χ0n) is 15.7. The van der Waals surface area contributed by atoms with Gasteiger partial charge < -0.3 is 10.2 Å². The number of likely N-dealkylation sites (N-methyl/N-ethyl adjacent to an activating group) is 1. The maximum atomic E-state index is 12.5. The molecule has 0 aliphatic rings. The number of aromatic nitrogens is 2. The Labute approximate surface area is 160 Å². The highest BCUT2D eigenvalue weighted by atomic mass is 16.2. The maximum Gasteiger partial charge on any atom is 0.272 e. The number of carbonyl (C=O) groups excluding carboxylic acids is 1. The summed E-state index contributed by atoms with van der Waals surface area (Å²) in [6, 6.07) is 15.9. The van der Waals surface area contributed by atoms with Gasteiger partial charge in [-0.3, -0.25) is 9.78 Å². The fraction of sp³-hybridized carbons (Fsp3) is 0.227. The van der Waals surface area contributed by atoms with E-state index < -0.39 is 0 Å². The van der Waals surface area contributed by atoms with E-state index in [-0.39, 0.29) is 5.91 Å². The highest BCUT2D eigenvalue weighted by molar-refractivity contribution is 5.92. The van der Waals surface area contributed by atoms with Gasteiger partial charge >= 0.3 is 0 Å². The molecule has 1 N–H and O–H groups in total. The molecule has 0 radical (unpaired) electrons. The molecule has 5 heteroatoms. The van der Waals surface area contributed by atoms with Gasteiger partial charge in [-0.25, -0.2) is 4.98 Å². The van der Waals surface area contributed by atoms with Crippen LogP contribution in [-0.4, -0.2) is 34.4 Å². The van der Waals surface area contributed by atoms with E-state index in [1.54, 1.807) is 36.6 Å². The number of carbonyl (C=O) groups is 1. The number of pyridine rings is 2. The van der Waals surface area contributed by atoms with E-state index in [9.17, 15) is 4.79 Å². The molecule has 0 aliphatic heterocycles. The van der Waals surface area contributed by atoms with E-state index in [2.05, 4.69) is 34.3 Å². The van der Waals surface area contributed by atoms with Crippen LogP contribution < -0.4 is 5.32 Å². The fourth-order valence-electron chi connectivity index (χ4n) is 2.73. The van der Waals surface area contributed by atoms with E-state index in [0.717, 1.165) is 29.8 Å². The Hall–Kier alpha value is -3.21. The Morgan fingerprint density at radius 3 is 2.30 bits per heavy atom. The van der Waals surface area contributed by atoms with Gasteiger partial charge in [0.1, 0.15) is 5.69 Å². The predicted octanol–water partition coefficient (Wildman–Crippen LogP) is 4.10. The lowest BCUT2D eigenvalue weighted by Gasteiger charge is -2.17. The second-order valence-electron chi connectivity index (χ2n) is 6.44. The van der Waals surface area contributed by atoms with Crippen LogP contribution >= 0.6 is 0 Å². The van der Waals surface area contributed by atoms with Gasteiger partial charge in [-0.05, 0) is 60.4 Å². The van der Waals surface area contributed by atoms with Gasteiger partial charge in [0.15, 0.2) is 0 Å². The zero-order chi connectivity index (χ0) is 19.1. The first-order chi connectivity index (χ1) is 13.2. The molecule has 0 atom stereocenters. The van der Waals surface area contributed by atoms with Gasteiger partial charge in [-0.15, -0.1) is 0 Å². The molecule has 2 heterocycles. The van der Waals surface area contributed by atoms with Gasteiger partial charge in [0.25, 0.3) is 5.91 Å². The number of nitrogens with one attached hydrogen (secondary N) is 1. The third-order valence-corrected chi connectivity index (χ3v) is 4.47. The number of hydrogen-bond donors (Lipinski definition) is 1. The first-order valence-corrected chi connectivity index (χ1v) is 9.12. The van der Waals surface area contributed by atoms with Gasteiger partial charge in [-0.2, -0.15) is 0 Å². The highest BCUT2D eigenvalue weighted by Gasteiger charge is 2.13. The van der Waals surface area contributed by atoms with Gasteiger partial charge in [0.2, 0.25) is 0 Å². The van der Waals surface area contributed by atoms with Crippen molar-refractivity contribution in [1.82, 2.24) is 14.9 Å². The lowest BCUT2D eigenvalue weighted by molar-refractivity contribution is 0.0791. The van der Waals surface area contributed by atoms with Crippen LogP contribution in [0.5, 0.6) is 0 Å². The number of anilines is 2. The molecule has 27 heavy (non-hydrogen) atoms. The lowest BCUT2D eigenvalue weighted by atomic mass is 10.1. The average molecular weight is 360 g/mol. The van der Waals surface area contributed by atoms with Crippen LogP contribution in [-0.2, 0) is 12.8 Å².